The Bertz CT molecular complexity index is 1330. The summed E-state index contributed by atoms with van der Waals surface area (Å²) in [5.41, 5.74) is 1.51. The van der Waals surface area contributed by atoms with Crippen LogP contribution in [-0.4, -0.2) is 53.6 Å². The molecule has 0 aliphatic heterocycles. The van der Waals surface area contributed by atoms with E-state index in [0.717, 1.165) is 5.39 Å². The summed E-state index contributed by atoms with van der Waals surface area (Å²) in [6.45, 7) is 0.141. The normalized spacial score (nSPS) is 11.4. The second-order valence-electron chi connectivity index (χ2n) is 6.95. The van der Waals surface area contributed by atoms with Gasteiger partial charge in [-0.1, -0.05) is 0 Å². The summed E-state index contributed by atoms with van der Waals surface area (Å²) in [5, 5.41) is 10.1. The van der Waals surface area contributed by atoms with E-state index in [9.17, 15) is 13.2 Å². The zero-order valence-corrected chi connectivity index (χ0v) is 17.6. The molecule has 0 saturated carbocycles. The number of rotatable bonds is 6. The third kappa shape index (κ3) is 4.21. The van der Waals surface area contributed by atoms with Crippen molar-refractivity contribution >= 4 is 32.6 Å². The van der Waals surface area contributed by atoms with Crippen LogP contribution in [0.5, 0.6) is 0 Å². The predicted octanol–water partition coefficient (Wildman–Crippen LogP) is 1.58. The van der Waals surface area contributed by atoms with Crippen molar-refractivity contribution in [1.82, 2.24) is 30.5 Å². The molecule has 4 aromatic heterocycles. The minimum Gasteiger partial charge on any atom is -0.363 e. The molecule has 0 unspecified atom stereocenters. The highest BCUT2D eigenvalue weighted by Gasteiger charge is 2.19. The molecular formula is C20H19N7O3S. The fraction of sp³-hybridized carbons (Fsp3) is 0.150. The van der Waals surface area contributed by atoms with Gasteiger partial charge in [0.25, 0.3) is 5.91 Å². The first-order valence-corrected chi connectivity index (χ1v) is 10.7. The van der Waals surface area contributed by atoms with Crippen LogP contribution in [0.25, 0.3) is 11.0 Å². The third-order valence-corrected chi connectivity index (χ3v) is 6.30. The Kier molecular flexibility index (Phi) is 5.34. The van der Waals surface area contributed by atoms with Crippen molar-refractivity contribution < 1.29 is 13.2 Å². The van der Waals surface area contributed by atoms with E-state index in [0.29, 0.717) is 22.7 Å². The summed E-state index contributed by atoms with van der Waals surface area (Å²) < 4.78 is 25.6. The number of amides is 1. The smallest absolute Gasteiger partial charge is 0.253 e. The summed E-state index contributed by atoms with van der Waals surface area (Å²) in [7, 11) is -0.0884. The molecule has 0 saturated heterocycles. The zero-order valence-electron chi connectivity index (χ0n) is 16.8. The Morgan fingerprint density at radius 2 is 1.74 bits per heavy atom. The molecular weight excluding hydrogens is 418 g/mol. The molecule has 2 N–H and O–H groups in total. The quantitative estimate of drug-likeness (QED) is 0.464. The van der Waals surface area contributed by atoms with Gasteiger partial charge in [-0.2, -0.15) is 5.10 Å². The Labute approximate surface area is 178 Å². The number of pyridine rings is 3. The van der Waals surface area contributed by atoms with Crippen molar-refractivity contribution in [2.75, 3.05) is 19.0 Å². The van der Waals surface area contributed by atoms with Gasteiger partial charge in [0.15, 0.2) is 5.65 Å². The summed E-state index contributed by atoms with van der Waals surface area (Å²) in [6.07, 6.45) is 5.64. The molecule has 11 heteroatoms. The highest BCUT2D eigenvalue weighted by Crippen LogP contribution is 2.21. The summed E-state index contributed by atoms with van der Waals surface area (Å²) in [4.78, 5) is 26.7. The molecule has 0 spiro atoms. The van der Waals surface area contributed by atoms with Gasteiger partial charge in [0.2, 0.25) is 9.84 Å². The number of aromatic nitrogens is 5. The number of nitrogens with one attached hydrogen (secondary N) is 2. The van der Waals surface area contributed by atoms with Crippen molar-refractivity contribution in [1.29, 1.82) is 0 Å². The molecule has 158 valence electrons. The first-order valence-electron chi connectivity index (χ1n) is 9.25. The van der Waals surface area contributed by atoms with Gasteiger partial charge in [0.05, 0.1) is 33.8 Å². The van der Waals surface area contributed by atoms with Crippen molar-refractivity contribution in [2.24, 2.45) is 0 Å². The van der Waals surface area contributed by atoms with Crippen molar-refractivity contribution in [2.45, 2.75) is 16.3 Å². The van der Waals surface area contributed by atoms with E-state index in [2.05, 4.69) is 30.5 Å². The van der Waals surface area contributed by atoms with Gasteiger partial charge in [0.1, 0.15) is 5.82 Å². The number of aromatic amines is 1. The second kappa shape index (κ2) is 8.11. The molecule has 0 bridgehead atoms. The average Bonchev–Trinajstić information content (AvgIpc) is 3.25. The van der Waals surface area contributed by atoms with Gasteiger partial charge in [-0.15, -0.1) is 0 Å². The lowest BCUT2D eigenvalue weighted by molar-refractivity contribution is 0.0950. The van der Waals surface area contributed by atoms with E-state index in [1.54, 1.807) is 29.3 Å². The minimum absolute atomic E-state index is 0.0524. The van der Waals surface area contributed by atoms with Crippen LogP contribution in [-0.2, 0) is 16.4 Å². The molecule has 4 rings (SSSR count). The number of hydrogen-bond acceptors (Lipinski definition) is 8. The maximum atomic E-state index is 12.8. The van der Waals surface area contributed by atoms with E-state index in [4.69, 9.17) is 0 Å². The number of hydrogen-bond donors (Lipinski definition) is 2. The fourth-order valence-corrected chi connectivity index (χ4v) is 3.99. The Morgan fingerprint density at radius 3 is 2.39 bits per heavy atom. The maximum Gasteiger partial charge on any atom is 0.253 e. The van der Waals surface area contributed by atoms with Crippen molar-refractivity contribution in [3.63, 3.8) is 0 Å². The summed E-state index contributed by atoms with van der Waals surface area (Å²) >= 11 is 0. The standard InChI is InChI=1S/C20H19N7O3S/c1-27(2)18-6-5-17(12-22-18)31(29,30)16-4-3-15(21-11-16)10-24-20(28)14-7-13-9-25-26-19(13)23-8-14/h3-9,11-12H,10H2,1-2H3,(H,24,28)(H,23,25,26). The number of sulfone groups is 1. The van der Waals surface area contributed by atoms with Gasteiger partial charge < -0.3 is 10.2 Å². The Balaban J connectivity index is 1.44. The minimum atomic E-state index is -3.74. The monoisotopic (exact) mass is 437 g/mol. The number of nitrogens with zero attached hydrogens (tertiary/aromatic N) is 5. The predicted molar refractivity (Wildman–Crippen MR) is 113 cm³/mol. The van der Waals surface area contributed by atoms with Crippen LogP contribution in [0.15, 0.2) is 64.9 Å². The van der Waals surface area contributed by atoms with E-state index in [-0.39, 0.29) is 22.2 Å². The lowest BCUT2D eigenvalue weighted by atomic mass is 10.2. The average molecular weight is 437 g/mol. The largest absolute Gasteiger partial charge is 0.363 e. The molecule has 31 heavy (non-hydrogen) atoms. The highest BCUT2D eigenvalue weighted by molar-refractivity contribution is 7.91. The first-order chi connectivity index (χ1) is 14.8. The van der Waals surface area contributed by atoms with E-state index in [1.165, 1.54) is 30.7 Å². The lowest BCUT2D eigenvalue weighted by Crippen LogP contribution is -2.23. The molecule has 4 heterocycles. The van der Waals surface area contributed by atoms with Gasteiger partial charge in [0, 0.05) is 38.1 Å². The molecule has 0 radical (unpaired) electrons. The number of carbonyl (C=O) groups excluding carboxylic acids is 1. The van der Waals surface area contributed by atoms with Crippen LogP contribution in [0.2, 0.25) is 0 Å². The molecule has 1 amide bonds. The summed E-state index contributed by atoms with van der Waals surface area (Å²) in [5.74, 6) is 0.339. The number of fused-ring (bicyclic) bond motifs is 1. The lowest BCUT2D eigenvalue weighted by Gasteiger charge is -2.11. The highest BCUT2D eigenvalue weighted by atomic mass is 32.2. The van der Waals surface area contributed by atoms with Crippen LogP contribution in [0.1, 0.15) is 16.1 Å². The van der Waals surface area contributed by atoms with Crippen LogP contribution < -0.4 is 10.2 Å². The molecule has 10 nitrogen and oxygen atoms in total. The second-order valence-corrected chi connectivity index (χ2v) is 8.90. The van der Waals surface area contributed by atoms with Crippen molar-refractivity contribution in [3.8, 4) is 0 Å². The van der Waals surface area contributed by atoms with Gasteiger partial charge >= 0.3 is 0 Å². The van der Waals surface area contributed by atoms with Crippen LogP contribution in [0, 0.1) is 0 Å². The van der Waals surface area contributed by atoms with Gasteiger partial charge in [-0.25, -0.2) is 18.4 Å². The van der Waals surface area contributed by atoms with Crippen molar-refractivity contribution in [3.05, 3.63) is 66.4 Å². The molecule has 0 fully saturated rings. The molecule has 0 atom stereocenters. The Morgan fingerprint density at radius 1 is 1.00 bits per heavy atom. The fourth-order valence-electron chi connectivity index (χ4n) is 2.84. The van der Waals surface area contributed by atoms with Gasteiger partial charge in [-0.3, -0.25) is 14.9 Å². The molecule has 4 aromatic rings. The SMILES string of the molecule is CN(C)c1ccc(S(=O)(=O)c2ccc(CNC(=O)c3cnc4[nH]ncc4c3)nc2)cn1. The zero-order chi connectivity index (χ0) is 22.0. The van der Waals surface area contributed by atoms with Crippen LogP contribution >= 0.6 is 0 Å². The molecule has 0 aromatic carbocycles. The number of carbonyl (C=O) groups is 1. The number of anilines is 1. The number of H-pyrrole nitrogens is 1. The van der Waals surface area contributed by atoms with E-state index < -0.39 is 9.84 Å². The van der Waals surface area contributed by atoms with Crippen LogP contribution in [0.3, 0.4) is 0 Å². The molecule has 0 aliphatic carbocycles. The molecule has 0 aliphatic rings. The van der Waals surface area contributed by atoms with E-state index >= 15 is 0 Å². The van der Waals surface area contributed by atoms with Crippen LogP contribution in [0.4, 0.5) is 5.82 Å². The topological polar surface area (TPSA) is 134 Å². The Hall–Kier alpha value is -3.86. The van der Waals surface area contributed by atoms with Gasteiger partial charge in [-0.05, 0) is 30.3 Å². The maximum absolute atomic E-state index is 12.8. The first kappa shape index (κ1) is 20.4. The van der Waals surface area contributed by atoms with E-state index in [1.807, 2.05) is 14.1 Å². The third-order valence-electron chi connectivity index (χ3n) is 4.58. The summed E-state index contributed by atoms with van der Waals surface area (Å²) in [6, 6.07) is 7.85.